The maximum absolute atomic E-state index is 12.5. The molecule has 24 heavy (non-hydrogen) atoms. The molecule has 0 radical (unpaired) electrons. The Morgan fingerprint density at radius 3 is 1.79 bits per heavy atom. The van der Waals surface area contributed by atoms with Gasteiger partial charge in [0.25, 0.3) is 0 Å². The van der Waals surface area contributed by atoms with Gasteiger partial charge in [-0.25, -0.2) is 0 Å². The van der Waals surface area contributed by atoms with E-state index in [9.17, 15) is 4.79 Å². The summed E-state index contributed by atoms with van der Waals surface area (Å²) in [6.07, 6.45) is 0.503. The van der Waals surface area contributed by atoms with Crippen molar-refractivity contribution in [3.05, 3.63) is 96.6 Å². The lowest BCUT2D eigenvalue weighted by Crippen LogP contribution is -2.01. The lowest BCUT2D eigenvalue weighted by atomic mass is 10.1. The van der Waals surface area contributed by atoms with E-state index in [0.29, 0.717) is 6.42 Å². The van der Waals surface area contributed by atoms with E-state index in [1.165, 1.54) is 22.2 Å². The first-order chi connectivity index (χ1) is 11.8. The smallest absolute Gasteiger partial charge is 0.195 e. The summed E-state index contributed by atoms with van der Waals surface area (Å²) in [6, 6.07) is 30.4. The van der Waals surface area contributed by atoms with Gasteiger partial charge in [-0.3, -0.25) is 4.79 Å². The van der Waals surface area contributed by atoms with E-state index in [4.69, 9.17) is 0 Å². The molecule has 0 spiro atoms. The minimum Gasteiger partial charge on any atom is -0.287 e. The fourth-order valence-electron chi connectivity index (χ4n) is 2.37. The van der Waals surface area contributed by atoms with Crippen LogP contribution in [0.4, 0.5) is 0 Å². The molecule has 3 heteroatoms. The zero-order valence-corrected chi connectivity index (χ0v) is 14.8. The van der Waals surface area contributed by atoms with Crippen molar-refractivity contribution in [3.8, 4) is 0 Å². The normalized spacial score (nSPS) is 11.8. The molecule has 1 unspecified atom stereocenters. The third kappa shape index (κ3) is 5.02. The van der Waals surface area contributed by atoms with Crippen molar-refractivity contribution in [1.29, 1.82) is 0 Å². The van der Waals surface area contributed by atoms with E-state index in [0.717, 1.165) is 4.90 Å². The average molecular weight is 351 g/mol. The van der Waals surface area contributed by atoms with Gasteiger partial charge in [-0.1, -0.05) is 78.5 Å². The number of benzene rings is 3. The van der Waals surface area contributed by atoms with E-state index < -0.39 is 0 Å². The van der Waals surface area contributed by atoms with Gasteiger partial charge in [-0.05, 0) is 29.8 Å². The summed E-state index contributed by atoms with van der Waals surface area (Å²) >= 11 is 3.07. The minimum absolute atomic E-state index is 0.123. The molecule has 0 bridgehead atoms. The summed E-state index contributed by atoms with van der Waals surface area (Å²) in [5.41, 5.74) is 1.19. The van der Waals surface area contributed by atoms with Gasteiger partial charge < -0.3 is 0 Å². The fourth-order valence-corrected chi connectivity index (χ4v) is 4.45. The molecule has 0 aliphatic carbocycles. The van der Waals surface area contributed by atoms with E-state index in [2.05, 4.69) is 24.3 Å². The molecule has 0 aliphatic heterocycles. The first-order valence-electron chi connectivity index (χ1n) is 7.83. The second-order valence-electron chi connectivity index (χ2n) is 5.32. The molecule has 120 valence electrons. The molecule has 0 saturated heterocycles. The van der Waals surface area contributed by atoms with Crippen LogP contribution >= 0.6 is 23.5 Å². The first kappa shape index (κ1) is 16.9. The topological polar surface area (TPSA) is 17.1 Å². The molecule has 0 fully saturated rings. The van der Waals surface area contributed by atoms with Crippen LogP contribution in [0.3, 0.4) is 0 Å². The van der Waals surface area contributed by atoms with Crippen molar-refractivity contribution >= 4 is 28.6 Å². The van der Waals surface area contributed by atoms with Crippen LogP contribution in [0, 0.1) is 0 Å². The van der Waals surface area contributed by atoms with Gasteiger partial charge in [0.1, 0.15) is 0 Å². The third-order valence-corrected chi connectivity index (χ3v) is 5.69. The van der Waals surface area contributed by atoms with Crippen molar-refractivity contribution in [2.45, 2.75) is 21.5 Å². The zero-order chi connectivity index (χ0) is 16.6. The Bertz CT molecular complexity index is 758. The molecule has 3 aromatic carbocycles. The second kappa shape index (κ2) is 8.76. The van der Waals surface area contributed by atoms with Crippen LogP contribution in [0.5, 0.6) is 0 Å². The van der Waals surface area contributed by atoms with Crippen LogP contribution in [0.25, 0.3) is 0 Å². The van der Waals surface area contributed by atoms with Crippen molar-refractivity contribution in [3.63, 3.8) is 0 Å². The summed E-state index contributed by atoms with van der Waals surface area (Å²) in [6.45, 7) is 0. The van der Waals surface area contributed by atoms with Crippen molar-refractivity contribution in [2.24, 2.45) is 0 Å². The average Bonchev–Trinajstić information content (AvgIpc) is 2.63. The minimum atomic E-state index is 0.123. The summed E-state index contributed by atoms with van der Waals surface area (Å²) in [7, 11) is 0. The van der Waals surface area contributed by atoms with Crippen LogP contribution in [0.1, 0.15) is 17.2 Å². The Labute approximate surface area is 151 Å². The largest absolute Gasteiger partial charge is 0.287 e. The van der Waals surface area contributed by atoms with E-state index in [1.807, 2.05) is 66.7 Å². The van der Waals surface area contributed by atoms with Crippen molar-refractivity contribution < 1.29 is 4.79 Å². The number of hydrogen-bond donors (Lipinski definition) is 0. The summed E-state index contributed by atoms with van der Waals surface area (Å²) < 4.78 is 0. The molecule has 0 N–H and O–H groups in total. The van der Waals surface area contributed by atoms with Crippen molar-refractivity contribution in [2.75, 3.05) is 0 Å². The van der Waals surface area contributed by atoms with Gasteiger partial charge >= 0.3 is 0 Å². The maximum Gasteiger partial charge on any atom is 0.195 e. The Morgan fingerprint density at radius 1 is 0.708 bits per heavy atom. The Hall–Kier alpha value is -1.97. The van der Waals surface area contributed by atoms with Crippen LogP contribution in [-0.2, 0) is 4.79 Å². The van der Waals surface area contributed by atoms with Crippen LogP contribution < -0.4 is 0 Å². The standard InChI is InChI=1S/C21H18OS2/c22-21(24-19-14-8-3-9-15-19)16-20(17-10-4-1-5-11-17)23-18-12-6-2-7-13-18/h1-15,20H,16H2. The summed E-state index contributed by atoms with van der Waals surface area (Å²) in [5, 5.41) is 0.316. The molecule has 1 atom stereocenters. The van der Waals surface area contributed by atoms with E-state index >= 15 is 0 Å². The SMILES string of the molecule is O=C(CC(Sc1ccccc1)c1ccccc1)Sc1ccccc1. The number of carbonyl (C=O) groups excluding carboxylic acids is 1. The molecule has 0 aliphatic rings. The molecule has 0 heterocycles. The van der Waals surface area contributed by atoms with E-state index in [1.54, 1.807) is 11.8 Å². The molecular formula is C21H18OS2. The quantitative estimate of drug-likeness (QED) is 0.491. The van der Waals surface area contributed by atoms with Gasteiger partial charge in [0, 0.05) is 21.5 Å². The van der Waals surface area contributed by atoms with Crippen LogP contribution in [0.15, 0.2) is 101 Å². The second-order valence-corrected chi connectivity index (χ2v) is 7.73. The van der Waals surface area contributed by atoms with Gasteiger partial charge in [-0.2, -0.15) is 0 Å². The van der Waals surface area contributed by atoms with Crippen LogP contribution in [0.2, 0.25) is 0 Å². The number of rotatable bonds is 6. The van der Waals surface area contributed by atoms with Crippen LogP contribution in [-0.4, -0.2) is 5.12 Å². The van der Waals surface area contributed by atoms with Crippen molar-refractivity contribution in [1.82, 2.24) is 0 Å². The third-order valence-electron chi connectivity index (χ3n) is 3.52. The van der Waals surface area contributed by atoms with Gasteiger partial charge in [0.15, 0.2) is 5.12 Å². The molecule has 3 aromatic rings. The highest BCUT2D eigenvalue weighted by Crippen LogP contribution is 2.39. The Kier molecular flexibility index (Phi) is 6.16. The molecule has 0 aromatic heterocycles. The molecule has 0 saturated carbocycles. The summed E-state index contributed by atoms with van der Waals surface area (Å²) in [5.74, 6) is 0. The number of hydrogen-bond acceptors (Lipinski definition) is 3. The monoisotopic (exact) mass is 350 g/mol. The zero-order valence-electron chi connectivity index (χ0n) is 13.2. The maximum atomic E-state index is 12.5. The molecule has 0 amide bonds. The Balaban J connectivity index is 1.73. The predicted octanol–water partition coefficient (Wildman–Crippen LogP) is 6.23. The molecule has 1 nitrogen and oxygen atoms in total. The van der Waals surface area contributed by atoms with E-state index in [-0.39, 0.29) is 10.4 Å². The lowest BCUT2D eigenvalue weighted by Gasteiger charge is -2.16. The first-order valence-corrected chi connectivity index (χ1v) is 9.53. The lowest BCUT2D eigenvalue weighted by molar-refractivity contribution is -0.111. The van der Waals surface area contributed by atoms with Gasteiger partial charge in [0.05, 0.1) is 0 Å². The summed E-state index contributed by atoms with van der Waals surface area (Å²) in [4.78, 5) is 14.7. The highest BCUT2D eigenvalue weighted by atomic mass is 32.2. The van der Waals surface area contributed by atoms with Gasteiger partial charge in [-0.15, -0.1) is 11.8 Å². The fraction of sp³-hybridized carbons (Fsp3) is 0.0952. The highest BCUT2D eigenvalue weighted by Gasteiger charge is 2.18. The number of carbonyl (C=O) groups is 1. The predicted molar refractivity (Wildman–Crippen MR) is 103 cm³/mol. The number of thioether (sulfide) groups is 2. The molecular weight excluding hydrogens is 332 g/mol. The Morgan fingerprint density at radius 2 is 1.21 bits per heavy atom. The highest BCUT2D eigenvalue weighted by molar-refractivity contribution is 8.13. The molecule has 3 rings (SSSR count). The van der Waals surface area contributed by atoms with Gasteiger partial charge in [0.2, 0.25) is 0 Å².